The summed E-state index contributed by atoms with van der Waals surface area (Å²) in [6.07, 6.45) is 1.59. The number of nitrogens with zero attached hydrogens (tertiary/aromatic N) is 1. The van der Waals surface area contributed by atoms with E-state index in [4.69, 9.17) is 16.0 Å². The minimum Gasteiger partial charge on any atom is -0.408 e. The number of aromatic nitrogens is 1. The number of fused-ring (bicyclic) bond motifs is 1. The largest absolute Gasteiger partial charge is 0.420 e. The van der Waals surface area contributed by atoms with Gasteiger partial charge in [0.25, 0.3) is 0 Å². The van der Waals surface area contributed by atoms with Gasteiger partial charge < -0.3 is 15.1 Å². The van der Waals surface area contributed by atoms with Crippen LogP contribution in [0.15, 0.2) is 58.3 Å². The van der Waals surface area contributed by atoms with Crippen molar-refractivity contribution in [1.29, 1.82) is 0 Å². The molecule has 3 aromatic rings. The second-order valence-electron chi connectivity index (χ2n) is 5.16. The van der Waals surface area contributed by atoms with Crippen molar-refractivity contribution in [3.8, 4) is 0 Å². The number of anilines is 2. The first kappa shape index (κ1) is 16.8. The third-order valence-electron chi connectivity index (χ3n) is 3.42. The Balaban J connectivity index is 1.78. The zero-order valence-corrected chi connectivity index (χ0v) is 13.6. The molecule has 25 heavy (non-hydrogen) atoms. The maximum Gasteiger partial charge on any atom is 0.420 e. The van der Waals surface area contributed by atoms with Gasteiger partial charge in [-0.3, -0.25) is 4.57 Å². The number of carbonyl (C=O) groups excluding carboxylic acids is 1. The SMILES string of the molecule is C=CCn1c(=O)oc2cc(NC(=O)Nc3ccc(F)c(Cl)c3)ccc21. The number of oxazole rings is 1. The summed E-state index contributed by atoms with van der Waals surface area (Å²) in [5.74, 6) is -1.07. The molecule has 0 atom stereocenters. The molecule has 1 aromatic heterocycles. The number of benzene rings is 2. The van der Waals surface area contributed by atoms with Gasteiger partial charge in [-0.1, -0.05) is 17.7 Å². The maximum absolute atomic E-state index is 13.1. The van der Waals surface area contributed by atoms with Gasteiger partial charge in [-0.25, -0.2) is 14.0 Å². The zero-order valence-electron chi connectivity index (χ0n) is 12.9. The molecule has 0 bridgehead atoms. The van der Waals surface area contributed by atoms with Crippen LogP contribution in [0, 0.1) is 5.82 Å². The molecule has 0 fully saturated rings. The normalized spacial score (nSPS) is 10.6. The van der Waals surface area contributed by atoms with Gasteiger partial charge in [0, 0.05) is 24.0 Å². The molecule has 0 aliphatic carbocycles. The van der Waals surface area contributed by atoms with Crippen LogP contribution < -0.4 is 16.4 Å². The van der Waals surface area contributed by atoms with Crippen molar-refractivity contribution in [2.45, 2.75) is 6.54 Å². The molecule has 128 valence electrons. The Bertz CT molecular complexity index is 1030. The average Bonchev–Trinajstić information content (AvgIpc) is 2.86. The number of hydrogen-bond donors (Lipinski definition) is 2. The van der Waals surface area contributed by atoms with E-state index in [1.807, 2.05) is 0 Å². The van der Waals surface area contributed by atoms with E-state index in [0.29, 0.717) is 29.0 Å². The highest BCUT2D eigenvalue weighted by atomic mass is 35.5. The van der Waals surface area contributed by atoms with Crippen molar-refractivity contribution in [2.24, 2.45) is 0 Å². The summed E-state index contributed by atoms with van der Waals surface area (Å²) >= 11 is 5.67. The van der Waals surface area contributed by atoms with Crippen LogP contribution in [-0.4, -0.2) is 10.6 Å². The summed E-state index contributed by atoms with van der Waals surface area (Å²) in [6.45, 7) is 3.92. The zero-order chi connectivity index (χ0) is 18.0. The standard InChI is InChI=1S/C17H13ClFN3O3/c1-2-7-22-14-6-4-11(9-15(14)25-17(22)24)21-16(23)20-10-3-5-13(19)12(18)8-10/h2-6,8-9H,1,7H2,(H2,20,21,23). The van der Waals surface area contributed by atoms with Crippen molar-refractivity contribution in [3.05, 3.63) is 70.4 Å². The van der Waals surface area contributed by atoms with Crippen LogP contribution in [-0.2, 0) is 6.54 Å². The van der Waals surface area contributed by atoms with Crippen LogP contribution in [0.1, 0.15) is 0 Å². The number of carbonyl (C=O) groups is 1. The van der Waals surface area contributed by atoms with Gasteiger partial charge in [0.05, 0.1) is 10.5 Å². The van der Waals surface area contributed by atoms with Gasteiger partial charge in [-0.15, -0.1) is 6.58 Å². The highest BCUT2D eigenvalue weighted by molar-refractivity contribution is 6.31. The van der Waals surface area contributed by atoms with Crippen molar-refractivity contribution in [1.82, 2.24) is 4.57 Å². The average molecular weight is 362 g/mol. The number of hydrogen-bond acceptors (Lipinski definition) is 3. The maximum atomic E-state index is 13.1. The number of nitrogens with one attached hydrogen (secondary N) is 2. The third kappa shape index (κ3) is 3.56. The van der Waals surface area contributed by atoms with Crippen molar-refractivity contribution in [3.63, 3.8) is 0 Å². The number of amides is 2. The van der Waals surface area contributed by atoms with Gasteiger partial charge in [0.1, 0.15) is 5.82 Å². The molecule has 6 nitrogen and oxygen atoms in total. The van der Waals surface area contributed by atoms with Crippen LogP contribution >= 0.6 is 11.6 Å². The number of allylic oxidation sites excluding steroid dienone is 1. The monoisotopic (exact) mass is 361 g/mol. The van der Waals surface area contributed by atoms with Crippen LogP contribution in [0.3, 0.4) is 0 Å². The topological polar surface area (TPSA) is 76.3 Å². The first-order valence-electron chi connectivity index (χ1n) is 7.25. The van der Waals surface area contributed by atoms with Crippen LogP contribution in [0.4, 0.5) is 20.6 Å². The fraction of sp³-hybridized carbons (Fsp3) is 0.0588. The second-order valence-corrected chi connectivity index (χ2v) is 5.56. The third-order valence-corrected chi connectivity index (χ3v) is 3.70. The Kier molecular flexibility index (Phi) is 4.58. The van der Waals surface area contributed by atoms with Crippen LogP contribution in [0.5, 0.6) is 0 Å². The van der Waals surface area contributed by atoms with Gasteiger partial charge in [0.15, 0.2) is 5.58 Å². The fourth-order valence-electron chi connectivity index (χ4n) is 2.31. The molecule has 0 spiro atoms. The van der Waals surface area contributed by atoms with E-state index in [1.165, 1.54) is 22.8 Å². The molecule has 0 aliphatic rings. The summed E-state index contributed by atoms with van der Waals surface area (Å²) < 4.78 is 19.7. The molecule has 2 aromatic carbocycles. The van der Waals surface area contributed by atoms with E-state index in [2.05, 4.69) is 17.2 Å². The minimum absolute atomic E-state index is 0.0930. The van der Waals surface area contributed by atoms with E-state index in [1.54, 1.807) is 18.2 Å². The number of halogens is 2. The summed E-state index contributed by atoms with van der Waals surface area (Å²) in [4.78, 5) is 23.8. The lowest BCUT2D eigenvalue weighted by atomic mass is 10.3. The van der Waals surface area contributed by atoms with Crippen molar-refractivity contribution in [2.75, 3.05) is 10.6 Å². The summed E-state index contributed by atoms with van der Waals surface area (Å²) in [6, 6.07) is 8.12. The first-order chi connectivity index (χ1) is 12.0. The molecule has 0 saturated heterocycles. The highest BCUT2D eigenvalue weighted by Crippen LogP contribution is 2.21. The van der Waals surface area contributed by atoms with E-state index < -0.39 is 17.6 Å². The smallest absolute Gasteiger partial charge is 0.408 e. The first-order valence-corrected chi connectivity index (χ1v) is 7.63. The van der Waals surface area contributed by atoms with Crippen molar-refractivity contribution < 1.29 is 13.6 Å². The fourth-order valence-corrected chi connectivity index (χ4v) is 2.49. The molecular formula is C17H13ClFN3O3. The molecule has 0 saturated carbocycles. The summed E-state index contributed by atoms with van der Waals surface area (Å²) in [7, 11) is 0. The highest BCUT2D eigenvalue weighted by Gasteiger charge is 2.10. The Hall–Kier alpha value is -3.06. The lowest BCUT2D eigenvalue weighted by Crippen LogP contribution is -2.19. The van der Waals surface area contributed by atoms with Gasteiger partial charge in [-0.2, -0.15) is 0 Å². The number of urea groups is 1. The predicted molar refractivity (Wildman–Crippen MR) is 94.7 cm³/mol. The molecule has 2 N–H and O–H groups in total. The second kappa shape index (κ2) is 6.82. The van der Waals surface area contributed by atoms with Crippen LogP contribution in [0.2, 0.25) is 5.02 Å². The molecule has 0 unspecified atom stereocenters. The van der Waals surface area contributed by atoms with E-state index in [-0.39, 0.29) is 5.02 Å². The molecule has 1 heterocycles. The van der Waals surface area contributed by atoms with Gasteiger partial charge in [-0.05, 0) is 30.3 Å². The Labute approximate surface area is 146 Å². The lowest BCUT2D eigenvalue weighted by Gasteiger charge is -2.08. The van der Waals surface area contributed by atoms with Gasteiger partial charge in [0.2, 0.25) is 0 Å². The predicted octanol–water partition coefficient (Wildman–Crippen LogP) is 4.22. The summed E-state index contributed by atoms with van der Waals surface area (Å²) in [5.41, 5.74) is 1.71. The minimum atomic E-state index is -0.572. The van der Waals surface area contributed by atoms with Crippen LogP contribution in [0.25, 0.3) is 11.1 Å². The number of rotatable bonds is 4. The molecule has 0 radical (unpaired) electrons. The lowest BCUT2D eigenvalue weighted by molar-refractivity contribution is 0.262. The van der Waals surface area contributed by atoms with E-state index in [0.717, 1.165) is 6.07 Å². The Morgan fingerprint density at radius 1 is 1.24 bits per heavy atom. The van der Waals surface area contributed by atoms with Crippen molar-refractivity contribution >= 4 is 40.1 Å². The summed E-state index contributed by atoms with van der Waals surface area (Å²) in [5, 5.41) is 5.04. The van der Waals surface area contributed by atoms with E-state index in [9.17, 15) is 14.0 Å². The Morgan fingerprint density at radius 3 is 2.60 bits per heavy atom. The molecule has 8 heteroatoms. The van der Waals surface area contributed by atoms with Gasteiger partial charge >= 0.3 is 11.8 Å². The molecule has 2 amide bonds. The molecular weight excluding hydrogens is 349 g/mol. The Morgan fingerprint density at radius 2 is 1.92 bits per heavy atom. The quantitative estimate of drug-likeness (QED) is 0.683. The molecule has 3 rings (SSSR count). The van der Waals surface area contributed by atoms with E-state index >= 15 is 0 Å². The molecule has 0 aliphatic heterocycles.